The van der Waals surface area contributed by atoms with Crippen molar-refractivity contribution >= 4 is 17.2 Å². The van der Waals surface area contributed by atoms with Gasteiger partial charge in [0.05, 0.1) is 12.1 Å². The number of hydrogen-bond acceptors (Lipinski definition) is 4. The third kappa shape index (κ3) is 4.44. The summed E-state index contributed by atoms with van der Waals surface area (Å²) in [6.07, 6.45) is 2.82. The van der Waals surface area contributed by atoms with Gasteiger partial charge in [-0.15, -0.1) is 11.3 Å². The summed E-state index contributed by atoms with van der Waals surface area (Å²) in [6.45, 7) is 8.71. The molecule has 2 N–H and O–H groups in total. The molecule has 0 fully saturated rings. The molecule has 4 nitrogen and oxygen atoms in total. The lowest BCUT2D eigenvalue weighted by Gasteiger charge is -2.17. The van der Waals surface area contributed by atoms with Crippen molar-refractivity contribution in [2.45, 2.75) is 46.2 Å². The maximum Gasteiger partial charge on any atom is 0.236 e. The fraction of sp³-hybridized carbons (Fsp3) is 0.667. The summed E-state index contributed by atoms with van der Waals surface area (Å²) in [5.74, 6) is 0.0481. The van der Waals surface area contributed by atoms with E-state index < -0.39 is 0 Å². The molecule has 0 bridgehead atoms. The standard InChI is InChI=1S/C12H21N3OS/c1-5-6-13-11(16)9(3)15-10(4)12-14-7-8(2)17-12/h7,9-10,15H,5-6H2,1-4H3,(H,13,16). The number of hydrogen-bond donors (Lipinski definition) is 2. The molecule has 0 aliphatic carbocycles. The second kappa shape index (κ2) is 6.71. The van der Waals surface area contributed by atoms with Crippen molar-refractivity contribution in [3.05, 3.63) is 16.1 Å². The largest absolute Gasteiger partial charge is 0.355 e. The van der Waals surface area contributed by atoms with Crippen LogP contribution in [0.4, 0.5) is 0 Å². The highest BCUT2D eigenvalue weighted by Gasteiger charge is 2.17. The lowest BCUT2D eigenvalue weighted by atomic mass is 10.2. The number of thiazole rings is 1. The van der Waals surface area contributed by atoms with Crippen molar-refractivity contribution in [2.24, 2.45) is 0 Å². The van der Waals surface area contributed by atoms with Crippen LogP contribution in [0.2, 0.25) is 0 Å². The zero-order valence-electron chi connectivity index (χ0n) is 10.9. The minimum Gasteiger partial charge on any atom is -0.355 e. The highest BCUT2D eigenvalue weighted by Crippen LogP contribution is 2.19. The van der Waals surface area contributed by atoms with Gasteiger partial charge in [0.1, 0.15) is 5.01 Å². The minimum atomic E-state index is -0.194. The molecule has 0 aliphatic rings. The average molecular weight is 255 g/mol. The van der Waals surface area contributed by atoms with E-state index in [1.165, 1.54) is 4.88 Å². The topological polar surface area (TPSA) is 54.0 Å². The van der Waals surface area contributed by atoms with Crippen LogP contribution < -0.4 is 10.6 Å². The predicted octanol–water partition coefficient (Wildman–Crippen LogP) is 2.02. The van der Waals surface area contributed by atoms with Crippen molar-refractivity contribution in [3.8, 4) is 0 Å². The lowest BCUT2D eigenvalue weighted by Crippen LogP contribution is -2.43. The molecule has 1 heterocycles. The number of aromatic nitrogens is 1. The van der Waals surface area contributed by atoms with Crippen molar-refractivity contribution in [1.82, 2.24) is 15.6 Å². The number of carbonyl (C=O) groups is 1. The summed E-state index contributed by atoms with van der Waals surface area (Å²) in [4.78, 5) is 17.2. The molecule has 17 heavy (non-hydrogen) atoms. The van der Waals surface area contributed by atoms with Crippen LogP contribution in [0.3, 0.4) is 0 Å². The number of nitrogens with one attached hydrogen (secondary N) is 2. The molecule has 2 unspecified atom stereocenters. The lowest BCUT2D eigenvalue weighted by molar-refractivity contribution is -0.122. The summed E-state index contributed by atoms with van der Waals surface area (Å²) < 4.78 is 0. The highest BCUT2D eigenvalue weighted by molar-refractivity contribution is 7.11. The third-order valence-electron chi connectivity index (χ3n) is 2.45. The zero-order valence-corrected chi connectivity index (χ0v) is 11.7. The smallest absolute Gasteiger partial charge is 0.236 e. The molecular weight excluding hydrogens is 234 g/mol. The predicted molar refractivity (Wildman–Crippen MR) is 71.2 cm³/mol. The molecule has 2 atom stereocenters. The van der Waals surface area contributed by atoms with E-state index in [1.54, 1.807) is 11.3 Å². The van der Waals surface area contributed by atoms with Gasteiger partial charge in [-0.2, -0.15) is 0 Å². The second-order valence-corrected chi connectivity index (χ2v) is 5.48. The van der Waals surface area contributed by atoms with Gasteiger partial charge in [-0.3, -0.25) is 10.1 Å². The van der Waals surface area contributed by atoms with Gasteiger partial charge in [0.15, 0.2) is 0 Å². The fourth-order valence-corrected chi connectivity index (χ4v) is 2.28. The molecule has 1 aromatic heterocycles. The first kappa shape index (κ1) is 14.1. The Hall–Kier alpha value is -0.940. The van der Waals surface area contributed by atoms with E-state index >= 15 is 0 Å². The first-order valence-electron chi connectivity index (χ1n) is 6.00. The van der Waals surface area contributed by atoms with E-state index in [0.29, 0.717) is 0 Å². The van der Waals surface area contributed by atoms with Crippen molar-refractivity contribution in [3.63, 3.8) is 0 Å². The Morgan fingerprint density at radius 3 is 2.76 bits per heavy atom. The summed E-state index contributed by atoms with van der Waals surface area (Å²) >= 11 is 1.66. The molecule has 0 saturated heterocycles. The molecule has 0 saturated carbocycles. The highest BCUT2D eigenvalue weighted by atomic mass is 32.1. The molecule has 0 aromatic carbocycles. The van der Waals surface area contributed by atoms with Gasteiger partial charge in [0.2, 0.25) is 5.91 Å². The van der Waals surface area contributed by atoms with E-state index in [-0.39, 0.29) is 18.0 Å². The Kier molecular flexibility index (Phi) is 5.58. The fourth-order valence-electron chi connectivity index (χ4n) is 1.50. The summed E-state index contributed by atoms with van der Waals surface area (Å²) in [6, 6.07) is -0.0863. The molecule has 0 aliphatic heterocycles. The minimum absolute atomic E-state index is 0.0481. The van der Waals surface area contributed by atoms with E-state index in [0.717, 1.165) is 18.0 Å². The first-order valence-corrected chi connectivity index (χ1v) is 6.82. The molecule has 1 rings (SSSR count). The zero-order chi connectivity index (χ0) is 12.8. The Bertz CT molecular complexity index is 364. The van der Waals surface area contributed by atoms with Crippen LogP contribution in [0, 0.1) is 6.92 Å². The van der Waals surface area contributed by atoms with Crippen LogP contribution in [0.1, 0.15) is 43.1 Å². The van der Waals surface area contributed by atoms with E-state index in [1.807, 2.05) is 33.9 Å². The van der Waals surface area contributed by atoms with Crippen LogP contribution in [-0.4, -0.2) is 23.5 Å². The van der Waals surface area contributed by atoms with Gasteiger partial charge in [-0.25, -0.2) is 4.98 Å². The molecule has 1 amide bonds. The average Bonchev–Trinajstić information content (AvgIpc) is 2.72. The molecular formula is C12H21N3OS. The van der Waals surface area contributed by atoms with Crippen molar-refractivity contribution in [2.75, 3.05) is 6.54 Å². The van der Waals surface area contributed by atoms with Gasteiger partial charge in [-0.1, -0.05) is 6.92 Å². The van der Waals surface area contributed by atoms with Gasteiger partial charge in [0.25, 0.3) is 0 Å². The monoisotopic (exact) mass is 255 g/mol. The maximum absolute atomic E-state index is 11.7. The van der Waals surface area contributed by atoms with Gasteiger partial charge >= 0.3 is 0 Å². The first-order chi connectivity index (χ1) is 8.04. The van der Waals surface area contributed by atoms with E-state index in [2.05, 4.69) is 15.6 Å². The Balaban J connectivity index is 2.45. The summed E-state index contributed by atoms with van der Waals surface area (Å²) in [5, 5.41) is 7.16. The SMILES string of the molecule is CCCNC(=O)C(C)NC(C)c1ncc(C)s1. The molecule has 5 heteroatoms. The summed E-state index contributed by atoms with van der Waals surface area (Å²) in [5.41, 5.74) is 0. The number of rotatable bonds is 6. The normalized spacial score (nSPS) is 14.4. The van der Waals surface area contributed by atoms with Crippen LogP contribution in [0.15, 0.2) is 6.20 Å². The van der Waals surface area contributed by atoms with E-state index in [9.17, 15) is 4.79 Å². The second-order valence-electron chi connectivity index (χ2n) is 4.21. The maximum atomic E-state index is 11.7. The number of nitrogens with zero attached hydrogens (tertiary/aromatic N) is 1. The van der Waals surface area contributed by atoms with Crippen LogP contribution in [0.25, 0.3) is 0 Å². The Morgan fingerprint density at radius 1 is 1.53 bits per heavy atom. The van der Waals surface area contributed by atoms with Crippen LogP contribution in [-0.2, 0) is 4.79 Å². The Labute approximate surface area is 107 Å². The Morgan fingerprint density at radius 2 is 2.24 bits per heavy atom. The molecule has 0 radical (unpaired) electrons. The van der Waals surface area contributed by atoms with Gasteiger partial charge in [-0.05, 0) is 27.2 Å². The van der Waals surface area contributed by atoms with Gasteiger partial charge in [0, 0.05) is 17.6 Å². The molecule has 0 spiro atoms. The van der Waals surface area contributed by atoms with Crippen LogP contribution in [0.5, 0.6) is 0 Å². The quantitative estimate of drug-likeness (QED) is 0.817. The van der Waals surface area contributed by atoms with Crippen LogP contribution >= 0.6 is 11.3 Å². The number of amides is 1. The number of carbonyl (C=O) groups excluding carboxylic acids is 1. The van der Waals surface area contributed by atoms with Gasteiger partial charge < -0.3 is 5.32 Å². The van der Waals surface area contributed by atoms with Crippen molar-refractivity contribution in [1.29, 1.82) is 0 Å². The van der Waals surface area contributed by atoms with E-state index in [4.69, 9.17) is 0 Å². The molecule has 1 aromatic rings. The third-order valence-corrected chi connectivity index (χ3v) is 3.55. The number of aryl methyl sites for hydroxylation is 1. The van der Waals surface area contributed by atoms with Crippen molar-refractivity contribution < 1.29 is 4.79 Å². The molecule has 96 valence electrons. The summed E-state index contributed by atoms with van der Waals surface area (Å²) in [7, 11) is 0.